The molecule has 0 saturated carbocycles. The van der Waals surface area contributed by atoms with Crippen LogP contribution in [-0.4, -0.2) is 27.9 Å². The van der Waals surface area contributed by atoms with Gasteiger partial charge in [-0.3, -0.25) is 4.68 Å². The molecule has 0 bridgehead atoms. The molecule has 5 heteroatoms. The summed E-state index contributed by atoms with van der Waals surface area (Å²) in [5.41, 5.74) is 2.95. The molecule has 4 nitrogen and oxygen atoms in total. The van der Waals surface area contributed by atoms with E-state index in [1.807, 2.05) is 23.1 Å². The second kappa shape index (κ2) is 4.45. The largest absolute Gasteiger partial charge is 0.360 e. The highest BCUT2D eigenvalue weighted by atomic mass is 19.1. The van der Waals surface area contributed by atoms with Crippen LogP contribution in [0.15, 0.2) is 36.8 Å². The molecule has 102 valence electrons. The summed E-state index contributed by atoms with van der Waals surface area (Å²) < 4.78 is 15.2. The van der Waals surface area contributed by atoms with Crippen LogP contribution in [0.2, 0.25) is 0 Å². The highest BCUT2D eigenvalue weighted by Crippen LogP contribution is 2.28. The minimum absolute atomic E-state index is 0.223. The van der Waals surface area contributed by atoms with E-state index in [0.29, 0.717) is 5.92 Å². The smallest absolute Gasteiger partial charge is 0.125 e. The number of aromatic amines is 1. The fraction of sp³-hybridized carbons (Fsp3) is 0.267. The maximum Gasteiger partial charge on any atom is 0.125 e. The zero-order valence-electron chi connectivity index (χ0n) is 10.9. The van der Waals surface area contributed by atoms with Gasteiger partial charge in [0.05, 0.1) is 6.20 Å². The summed E-state index contributed by atoms with van der Waals surface area (Å²) in [5, 5.41) is 8.71. The van der Waals surface area contributed by atoms with Crippen molar-refractivity contribution in [3.05, 3.63) is 42.6 Å². The summed E-state index contributed by atoms with van der Waals surface area (Å²) in [6.45, 7) is 3.09. The highest BCUT2D eigenvalue weighted by molar-refractivity contribution is 5.95. The Bertz CT molecular complexity index is 754. The molecule has 0 atom stereocenters. The minimum atomic E-state index is -0.223. The number of hydrogen-bond acceptors (Lipinski definition) is 2. The van der Waals surface area contributed by atoms with Crippen LogP contribution in [0, 0.1) is 11.7 Å². The molecule has 1 saturated heterocycles. The number of benzene rings is 1. The molecule has 1 aromatic carbocycles. The van der Waals surface area contributed by atoms with Gasteiger partial charge in [0.2, 0.25) is 0 Å². The molecule has 1 aliphatic rings. The molecular formula is C15H15FN4. The van der Waals surface area contributed by atoms with Gasteiger partial charge in [-0.25, -0.2) is 4.39 Å². The Morgan fingerprint density at radius 2 is 2.25 bits per heavy atom. The van der Waals surface area contributed by atoms with E-state index in [4.69, 9.17) is 0 Å². The van der Waals surface area contributed by atoms with Crippen molar-refractivity contribution in [1.82, 2.24) is 20.1 Å². The Hall–Kier alpha value is -2.14. The summed E-state index contributed by atoms with van der Waals surface area (Å²) in [5.74, 6) is 0.457. The number of rotatable bonds is 3. The average molecular weight is 270 g/mol. The maximum absolute atomic E-state index is 13.2. The molecule has 1 aliphatic heterocycles. The zero-order chi connectivity index (χ0) is 13.5. The summed E-state index contributed by atoms with van der Waals surface area (Å²) in [4.78, 5) is 3.11. The summed E-state index contributed by atoms with van der Waals surface area (Å²) >= 11 is 0. The molecule has 0 amide bonds. The lowest BCUT2D eigenvalue weighted by Gasteiger charge is -2.26. The zero-order valence-corrected chi connectivity index (χ0v) is 10.9. The van der Waals surface area contributed by atoms with Gasteiger partial charge in [-0.05, 0) is 18.2 Å². The van der Waals surface area contributed by atoms with Gasteiger partial charge in [0, 0.05) is 60.0 Å². The number of nitrogens with one attached hydrogen (secondary N) is 2. The molecule has 4 rings (SSSR count). The van der Waals surface area contributed by atoms with Gasteiger partial charge >= 0.3 is 0 Å². The number of fused-ring (bicyclic) bond motifs is 1. The van der Waals surface area contributed by atoms with E-state index in [2.05, 4.69) is 21.6 Å². The molecule has 1 fully saturated rings. The Morgan fingerprint density at radius 1 is 1.35 bits per heavy atom. The van der Waals surface area contributed by atoms with Crippen molar-refractivity contribution in [2.45, 2.75) is 6.54 Å². The lowest BCUT2D eigenvalue weighted by molar-refractivity contribution is 0.295. The predicted molar refractivity (Wildman–Crippen MR) is 75.8 cm³/mol. The van der Waals surface area contributed by atoms with E-state index in [0.717, 1.165) is 41.7 Å². The van der Waals surface area contributed by atoms with Crippen LogP contribution in [0.4, 0.5) is 4.39 Å². The average Bonchev–Trinajstić information content (AvgIpc) is 2.99. The van der Waals surface area contributed by atoms with Crippen LogP contribution in [0.25, 0.3) is 22.0 Å². The van der Waals surface area contributed by atoms with Crippen LogP contribution >= 0.6 is 0 Å². The topological polar surface area (TPSA) is 45.6 Å². The third-order valence-electron chi connectivity index (χ3n) is 3.90. The van der Waals surface area contributed by atoms with Gasteiger partial charge in [0.25, 0.3) is 0 Å². The van der Waals surface area contributed by atoms with Gasteiger partial charge in [-0.15, -0.1) is 0 Å². The second-order valence-corrected chi connectivity index (χ2v) is 5.37. The van der Waals surface area contributed by atoms with Crippen molar-refractivity contribution in [3.63, 3.8) is 0 Å². The lowest BCUT2D eigenvalue weighted by Crippen LogP contribution is -2.44. The Balaban J connectivity index is 1.68. The van der Waals surface area contributed by atoms with Gasteiger partial charge < -0.3 is 10.3 Å². The fourth-order valence-electron chi connectivity index (χ4n) is 2.68. The molecule has 3 heterocycles. The molecular weight excluding hydrogens is 255 g/mol. The Kier molecular flexibility index (Phi) is 2.60. The standard InChI is InChI=1S/C15H15FN4/c16-12-1-2-13-14(7-18-15(13)3-12)11-6-19-20(9-11)8-10-4-17-5-10/h1-3,6-7,9-10,17-18H,4-5,8H2. The third-order valence-corrected chi connectivity index (χ3v) is 3.90. The van der Waals surface area contributed by atoms with E-state index in [-0.39, 0.29) is 5.82 Å². The first-order chi connectivity index (χ1) is 9.79. The Morgan fingerprint density at radius 3 is 3.05 bits per heavy atom. The highest BCUT2D eigenvalue weighted by Gasteiger charge is 2.18. The van der Waals surface area contributed by atoms with Crippen molar-refractivity contribution < 1.29 is 4.39 Å². The van der Waals surface area contributed by atoms with Crippen LogP contribution < -0.4 is 5.32 Å². The summed E-state index contributed by atoms with van der Waals surface area (Å²) in [6.07, 6.45) is 5.85. The first-order valence-electron chi connectivity index (χ1n) is 6.80. The summed E-state index contributed by atoms with van der Waals surface area (Å²) in [7, 11) is 0. The number of hydrogen-bond donors (Lipinski definition) is 2. The molecule has 0 aliphatic carbocycles. The second-order valence-electron chi connectivity index (χ2n) is 5.37. The van der Waals surface area contributed by atoms with Crippen molar-refractivity contribution in [1.29, 1.82) is 0 Å². The van der Waals surface area contributed by atoms with Crippen molar-refractivity contribution >= 4 is 10.9 Å². The van der Waals surface area contributed by atoms with Crippen LogP contribution in [0.3, 0.4) is 0 Å². The quantitative estimate of drug-likeness (QED) is 0.767. The predicted octanol–water partition coefficient (Wildman–Crippen LogP) is 2.39. The normalized spacial score (nSPS) is 15.7. The molecule has 0 spiro atoms. The molecule has 2 aromatic heterocycles. The number of nitrogens with zero attached hydrogens (tertiary/aromatic N) is 2. The molecule has 0 radical (unpaired) electrons. The van der Waals surface area contributed by atoms with Crippen molar-refractivity contribution in [2.75, 3.05) is 13.1 Å². The molecule has 3 aromatic rings. The van der Waals surface area contributed by atoms with E-state index < -0.39 is 0 Å². The summed E-state index contributed by atoms with van der Waals surface area (Å²) in [6, 6.07) is 4.82. The van der Waals surface area contributed by atoms with Gasteiger partial charge in [0.15, 0.2) is 0 Å². The van der Waals surface area contributed by atoms with Gasteiger partial charge in [-0.2, -0.15) is 5.10 Å². The Labute approximate surface area is 115 Å². The molecule has 0 unspecified atom stereocenters. The molecule has 2 N–H and O–H groups in total. The lowest BCUT2D eigenvalue weighted by atomic mass is 10.0. The van der Waals surface area contributed by atoms with Crippen LogP contribution in [-0.2, 0) is 6.54 Å². The molecule has 20 heavy (non-hydrogen) atoms. The van der Waals surface area contributed by atoms with E-state index in [1.54, 1.807) is 0 Å². The van der Waals surface area contributed by atoms with Crippen LogP contribution in [0.5, 0.6) is 0 Å². The van der Waals surface area contributed by atoms with E-state index >= 15 is 0 Å². The SMILES string of the molecule is Fc1ccc2c(-c3cnn(CC4CNC4)c3)c[nH]c2c1. The fourth-order valence-corrected chi connectivity index (χ4v) is 2.68. The third kappa shape index (κ3) is 1.91. The van der Waals surface area contributed by atoms with Gasteiger partial charge in [0.1, 0.15) is 5.82 Å². The maximum atomic E-state index is 13.2. The van der Waals surface area contributed by atoms with Gasteiger partial charge in [-0.1, -0.05) is 0 Å². The monoisotopic (exact) mass is 270 g/mol. The van der Waals surface area contributed by atoms with Crippen molar-refractivity contribution in [2.24, 2.45) is 5.92 Å². The number of H-pyrrole nitrogens is 1. The first kappa shape index (κ1) is 11.7. The number of aromatic nitrogens is 3. The first-order valence-corrected chi connectivity index (χ1v) is 6.80. The number of halogens is 1. The van der Waals surface area contributed by atoms with E-state index in [1.165, 1.54) is 12.1 Å². The van der Waals surface area contributed by atoms with Crippen molar-refractivity contribution in [3.8, 4) is 11.1 Å². The van der Waals surface area contributed by atoms with Crippen LogP contribution in [0.1, 0.15) is 0 Å². The minimum Gasteiger partial charge on any atom is -0.360 e. The van der Waals surface area contributed by atoms with E-state index in [9.17, 15) is 4.39 Å².